The molecule has 0 amide bonds. The number of carbonyl (C=O) groups is 1. The van der Waals surface area contributed by atoms with Crippen molar-refractivity contribution >= 4 is 5.97 Å². The van der Waals surface area contributed by atoms with Crippen molar-refractivity contribution in [1.82, 2.24) is 0 Å². The first kappa shape index (κ1) is 10.5. The van der Waals surface area contributed by atoms with Crippen molar-refractivity contribution in [2.45, 2.75) is 45.6 Å². The first-order chi connectivity index (χ1) is 5.99. The van der Waals surface area contributed by atoms with E-state index in [2.05, 4.69) is 0 Å². The van der Waals surface area contributed by atoms with Gasteiger partial charge in [0.2, 0.25) is 0 Å². The lowest BCUT2D eigenvalue weighted by molar-refractivity contribution is -0.157. The molecule has 0 spiro atoms. The van der Waals surface area contributed by atoms with Gasteiger partial charge in [-0.3, -0.25) is 4.79 Å². The van der Waals surface area contributed by atoms with Gasteiger partial charge in [0.05, 0.1) is 11.5 Å². The Morgan fingerprint density at radius 1 is 1.54 bits per heavy atom. The molecule has 0 aromatic heterocycles. The van der Waals surface area contributed by atoms with Crippen LogP contribution in [-0.2, 0) is 4.79 Å². The molecule has 1 rings (SSSR count). The minimum atomic E-state index is -0.749. The fraction of sp³-hybridized carbons (Fsp3) is 0.900. The molecule has 0 heterocycles. The van der Waals surface area contributed by atoms with Crippen LogP contribution < -0.4 is 0 Å². The summed E-state index contributed by atoms with van der Waals surface area (Å²) in [5.41, 5.74) is -0.683. The number of rotatable bonds is 2. The number of hydrogen-bond acceptors (Lipinski definition) is 2. The molecule has 0 saturated heterocycles. The predicted molar refractivity (Wildman–Crippen MR) is 49.4 cm³/mol. The lowest BCUT2D eigenvalue weighted by atomic mass is 9.66. The van der Waals surface area contributed by atoms with Crippen LogP contribution in [0.5, 0.6) is 0 Å². The van der Waals surface area contributed by atoms with Crippen LogP contribution in [0.3, 0.4) is 0 Å². The molecule has 76 valence electrons. The SMILES string of the molecule is CC(C)[C@@]1(C(=O)O)CCC[C@H](O)C1. The van der Waals surface area contributed by atoms with E-state index in [0.717, 1.165) is 12.8 Å². The largest absolute Gasteiger partial charge is 0.481 e. The Kier molecular flexibility index (Phi) is 2.96. The third kappa shape index (κ3) is 1.85. The zero-order valence-corrected chi connectivity index (χ0v) is 8.29. The van der Waals surface area contributed by atoms with Crippen molar-refractivity contribution in [2.24, 2.45) is 11.3 Å². The van der Waals surface area contributed by atoms with Gasteiger partial charge in [0.25, 0.3) is 0 Å². The van der Waals surface area contributed by atoms with Gasteiger partial charge in [0, 0.05) is 0 Å². The quantitative estimate of drug-likeness (QED) is 0.689. The van der Waals surface area contributed by atoms with Gasteiger partial charge in [0.15, 0.2) is 0 Å². The average molecular weight is 186 g/mol. The zero-order valence-electron chi connectivity index (χ0n) is 8.29. The third-order valence-corrected chi connectivity index (χ3v) is 3.29. The molecular formula is C10H18O3. The van der Waals surface area contributed by atoms with Crippen LogP contribution in [0, 0.1) is 11.3 Å². The molecular weight excluding hydrogens is 168 g/mol. The van der Waals surface area contributed by atoms with Crippen molar-refractivity contribution in [2.75, 3.05) is 0 Å². The van der Waals surface area contributed by atoms with E-state index in [1.807, 2.05) is 13.8 Å². The number of aliphatic hydroxyl groups is 1. The Morgan fingerprint density at radius 2 is 2.15 bits per heavy atom. The second kappa shape index (κ2) is 3.66. The molecule has 1 aliphatic rings. The fourth-order valence-electron chi connectivity index (χ4n) is 2.24. The van der Waals surface area contributed by atoms with Gasteiger partial charge in [-0.15, -0.1) is 0 Å². The van der Waals surface area contributed by atoms with Crippen LogP contribution in [0.15, 0.2) is 0 Å². The summed E-state index contributed by atoms with van der Waals surface area (Å²) in [6, 6.07) is 0. The first-order valence-electron chi connectivity index (χ1n) is 4.90. The normalized spacial score (nSPS) is 34.9. The summed E-state index contributed by atoms with van der Waals surface area (Å²) in [5, 5.41) is 18.6. The molecule has 1 aliphatic carbocycles. The summed E-state index contributed by atoms with van der Waals surface area (Å²) in [5.74, 6) is -0.652. The zero-order chi connectivity index (χ0) is 10.1. The van der Waals surface area contributed by atoms with Crippen LogP contribution in [0.1, 0.15) is 39.5 Å². The van der Waals surface area contributed by atoms with E-state index in [-0.39, 0.29) is 5.92 Å². The molecule has 13 heavy (non-hydrogen) atoms. The maximum atomic E-state index is 11.2. The molecule has 1 saturated carbocycles. The van der Waals surface area contributed by atoms with Gasteiger partial charge in [0.1, 0.15) is 0 Å². The topological polar surface area (TPSA) is 57.5 Å². The summed E-state index contributed by atoms with van der Waals surface area (Å²) < 4.78 is 0. The monoisotopic (exact) mass is 186 g/mol. The minimum Gasteiger partial charge on any atom is -0.481 e. The summed E-state index contributed by atoms with van der Waals surface area (Å²) in [6.07, 6.45) is 2.28. The van der Waals surface area contributed by atoms with Crippen molar-refractivity contribution < 1.29 is 15.0 Å². The highest BCUT2D eigenvalue weighted by Gasteiger charge is 2.44. The fourth-order valence-corrected chi connectivity index (χ4v) is 2.24. The Morgan fingerprint density at radius 3 is 2.46 bits per heavy atom. The van der Waals surface area contributed by atoms with Gasteiger partial charge in [-0.1, -0.05) is 13.8 Å². The van der Waals surface area contributed by atoms with Gasteiger partial charge in [-0.05, 0) is 31.6 Å². The highest BCUT2D eigenvalue weighted by molar-refractivity contribution is 5.75. The first-order valence-corrected chi connectivity index (χ1v) is 4.90. The maximum Gasteiger partial charge on any atom is 0.309 e. The second-order valence-corrected chi connectivity index (χ2v) is 4.37. The van der Waals surface area contributed by atoms with Crippen LogP contribution in [-0.4, -0.2) is 22.3 Å². The Balaban J connectivity index is 2.83. The number of aliphatic carboxylic acids is 1. The van der Waals surface area contributed by atoms with E-state index in [1.165, 1.54) is 0 Å². The number of hydrogen-bond donors (Lipinski definition) is 2. The molecule has 0 aromatic rings. The number of carboxylic acids is 1. The second-order valence-electron chi connectivity index (χ2n) is 4.37. The molecule has 0 unspecified atom stereocenters. The third-order valence-electron chi connectivity index (χ3n) is 3.29. The molecule has 2 atom stereocenters. The molecule has 3 nitrogen and oxygen atoms in total. The smallest absolute Gasteiger partial charge is 0.309 e. The van der Waals surface area contributed by atoms with Crippen molar-refractivity contribution in [3.63, 3.8) is 0 Å². The standard InChI is InChI=1S/C10H18O3/c1-7(2)10(9(12)13)5-3-4-8(11)6-10/h7-8,11H,3-6H2,1-2H3,(H,12,13)/t8-,10+/m0/s1. The van der Waals surface area contributed by atoms with E-state index in [9.17, 15) is 9.90 Å². The molecule has 3 heteroatoms. The summed E-state index contributed by atoms with van der Waals surface area (Å²) in [6.45, 7) is 3.85. The lowest BCUT2D eigenvalue weighted by Crippen LogP contribution is -2.42. The van der Waals surface area contributed by atoms with Crippen LogP contribution in [0.4, 0.5) is 0 Å². The van der Waals surface area contributed by atoms with Crippen molar-refractivity contribution in [3.05, 3.63) is 0 Å². The van der Waals surface area contributed by atoms with Crippen molar-refractivity contribution in [1.29, 1.82) is 0 Å². The highest BCUT2D eigenvalue weighted by atomic mass is 16.4. The number of aliphatic hydroxyl groups excluding tert-OH is 1. The molecule has 0 aromatic carbocycles. The van der Waals surface area contributed by atoms with Gasteiger partial charge in [-0.2, -0.15) is 0 Å². The Labute approximate surface area is 78.8 Å². The molecule has 0 bridgehead atoms. The molecule has 0 radical (unpaired) electrons. The maximum absolute atomic E-state index is 11.2. The van der Waals surface area contributed by atoms with Gasteiger partial charge < -0.3 is 10.2 Å². The summed E-state index contributed by atoms with van der Waals surface area (Å²) in [7, 11) is 0. The van der Waals surface area contributed by atoms with E-state index >= 15 is 0 Å². The molecule has 1 fully saturated rings. The van der Waals surface area contributed by atoms with Gasteiger partial charge in [-0.25, -0.2) is 0 Å². The Hall–Kier alpha value is -0.570. The minimum absolute atomic E-state index is 0.0972. The van der Waals surface area contributed by atoms with E-state index in [0.29, 0.717) is 12.8 Å². The highest BCUT2D eigenvalue weighted by Crippen LogP contribution is 2.42. The predicted octanol–water partition coefficient (Wildman–Crippen LogP) is 1.65. The van der Waals surface area contributed by atoms with Gasteiger partial charge >= 0.3 is 5.97 Å². The van der Waals surface area contributed by atoms with Crippen LogP contribution in [0.25, 0.3) is 0 Å². The van der Waals surface area contributed by atoms with Crippen molar-refractivity contribution in [3.8, 4) is 0 Å². The molecule has 0 aliphatic heterocycles. The van der Waals surface area contributed by atoms with E-state index in [4.69, 9.17) is 5.11 Å². The van der Waals surface area contributed by atoms with Crippen LogP contribution >= 0.6 is 0 Å². The van der Waals surface area contributed by atoms with E-state index < -0.39 is 17.5 Å². The summed E-state index contributed by atoms with van der Waals surface area (Å²) >= 11 is 0. The van der Waals surface area contributed by atoms with E-state index in [1.54, 1.807) is 0 Å². The summed E-state index contributed by atoms with van der Waals surface area (Å²) in [4.78, 5) is 11.2. The van der Waals surface area contributed by atoms with Crippen LogP contribution in [0.2, 0.25) is 0 Å². The Bertz CT molecular complexity index is 200. The molecule has 2 N–H and O–H groups in total. The average Bonchev–Trinajstić information content (AvgIpc) is 2.03. The number of carboxylic acid groups (broad SMARTS) is 1. The lowest BCUT2D eigenvalue weighted by Gasteiger charge is -2.38.